The maximum absolute atomic E-state index is 12.2. The molecule has 0 aliphatic heterocycles. The molecule has 0 bridgehead atoms. The van der Waals surface area contributed by atoms with Crippen LogP contribution in [0.15, 0.2) is 59.1 Å². The van der Waals surface area contributed by atoms with Crippen molar-refractivity contribution in [2.45, 2.75) is 32.9 Å². The SMILES string of the molecule is CN(C)C(=O)c1ccc(-c2cnc(N)c(-c3nnc(-c4cccc(CNC(=O)OC(C)(C)C)c4)o3)n2)cc1.[HH].[HH].[HH]. The van der Waals surface area contributed by atoms with Gasteiger partial charge >= 0.3 is 6.09 Å². The van der Waals surface area contributed by atoms with Crippen LogP contribution in [0.5, 0.6) is 0 Å². The predicted molar refractivity (Wildman–Crippen MR) is 148 cm³/mol. The van der Waals surface area contributed by atoms with Crippen molar-refractivity contribution in [3.8, 4) is 34.3 Å². The smallest absolute Gasteiger partial charge is 0.407 e. The normalized spacial score (nSPS) is 11.2. The van der Waals surface area contributed by atoms with Gasteiger partial charge in [0.25, 0.3) is 11.8 Å². The van der Waals surface area contributed by atoms with Crippen molar-refractivity contribution in [1.82, 2.24) is 30.4 Å². The lowest BCUT2D eigenvalue weighted by atomic mass is 10.1. The van der Waals surface area contributed by atoms with E-state index >= 15 is 0 Å². The zero-order valence-corrected chi connectivity index (χ0v) is 21.8. The van der Waals surface area contributed by atoms with E-state index in [4.69, 9.17) is 14.9 Å². The Morgan fingerprint density at radius 1 is 1.05 bits per heavy atom. The molecule has 38 heavy (non-hydrogen) atoms. The summed E-state index contributed by atoms with van der Waals surface area (Å²) >= 11 is 0. The maximum Gasteiger partial charge on any atom is 0.407 e. The molecule has 0 aliphatic rings. The van der Waals surface area contributed by atoms with Gasteiger partial charge in [-0.15, -0.1) is 10.2 Å². The third-order valence-corrected chi connectivity index (χ3v) is 5.27. The molecule has 2 aromatic carbocycles. The van der Waals surface area contributed by atoms with Crippen LogP contribution in [0.3, 0.4) is 0 Å². The number of carbonyl (C=O) groups is 2. The Hall–Kier alpha value is -4.80. The highest BCUT2D eigenvalue weighted by molar-refractivity contribution is 5.94. The predicted octanol–water partition coefficient (Wildman–Crippen LogP) is 4.91. The molecule has 2 heterocycles. The number of nitrogens with two attached hydrogens (primary N) is 1. The lowest BCUT2D eigenvalue weighted by molar-refractivity contribution is 0.0523. The molecule has 4 rings (SSSR count). The molecular formula is C27H35N7O4. The third kappa shape index (κ3) is 6.30. The number of hydrogen-bond donors (Lipinski definition) is 2. The van der Waals surface area contributed by atoms with Gasteiger partial charge in [0.05, 0.1) is 11.9 Å². The molecule has 4 aromatic rings. The minimum atomic E-state index is -0.581. The van der Waals surface area contributed by atoms with Gasteiger partial charge in [-0.05, 0) is 50.6 Å². The van der Waals surface area contributed by atoms with Crippen LogP contribution in [0.1, 0.15) is 41.0 Å². The zero-order chi connectivity index (χ0) is 27.4. The van der Waals surface area contributed by atoms with E-state index in [9.17, 15) is 9.59 Å². The fourth-order valence-corrected chi connectivity index (χ4v) is 3.47. The van der Waals surface area contributed by atoms with E-state index in [0.29, 0.717) is 16.8 Å². The van der Waals surface area contributed by atoms with Crippen molar-refractivity contribution in [2.75, 3.05) is 19.8 Å². The molecule has 3 N–H and O–H groups in total. The number of nitrogen functional groups attached to an aromatic ring is 1. The summed E-state index contributed by atoms with van der Waals surface area (Å²) in [6.45, 7) is 5.68. The number of ether oxygens (including phenoxy) is 1. The van der Waals surface area contributed by atoms with Crippen LogP contribution in [0.2, 0.25) is 0 Å². The number of aromatic nitrogens is 4. The average Bonchev–Trinajstić information content (AvgIpc) is 3.37. The van der Waals surface area contributed by atoms with E-state index in [-0.39, 0.29) is 40.0 Å². The number of amides is 2. The van der Waals surface area contributed by atoms with Crippen LogP contribution in [0.25, 0.3) is 34.3 Å². The van der Waals surface area contributed by atoms with Crippen LogP contribution in [0.4, 0.5) is 10.6 Å². The molecule has 0 spiro atoms. The quantitative estimate of drug-likeness (QED) is 0.361. The molecule has 11 heteroatoms. The highest BCUT2D eigenvalue weighted by Gasteiger charge is 2.18. The Bertz CT molecular complexity index is 1470. The first-order valence-corrected chi connectivity index (χ1v) is 11.8. The van der Waals surface area contributed by atoms with E-state index < -0.39 is 11.7 Å². The van der Waals surface area contributed by atoms with Gasteiger partial charge < -0.3 is 25.1 Å². The largest absolute Gasteiger partial charge is 0.444 e. The standard InChI is InChI=1S/C27H29N7O4.3H2/c1-27(2,3)38-26(36)30-14-16-7-6-8-19(13-16)23-32-33-24(37-23)21-22(28)29-15-20(31-21)17-9-11-18(12-10-17)25(35)34(4)5;;;/h6-13,15H,14H2,1-5H3,(H2,28,29)(H,30,36);3*1H. The Morgan fingerprint density at radius 3 is 2.45 bits per heavy atom. The summed E-state index contributed by atoms with van der Waals surface area (Å²) in [5.41, 5.74) is 9.08. The minimum Gasteiger partial charge on any atom is -0.444 e. The van der Waals surface area contributed by atoms with Crippen molar-refractivity contribution in [1.29, 1.82) is 0 Å². The summed E-state index contributed by atoms with van der Waals surface area (Å²) < 4.78 is 11.2. The first-order valence-electron chi connectivity index (χ1n) is 11.8. The second-order valence-corrected chi connectivity index (χ2v) is 9.73. The lowest BCUT2D eigenvalue weighted by Crippen LogP contribution is -2.32. The summed E-state index contributed by atoms with van der Waals surface area (Å²) in [7, 11) is 3.40. The summed E-state index contributed by atoms with van der Waals surface area (Å²) in [5, 5.41) is 11.0. The number of anilines is 1. The van der Waals surface area contributed by atoms with Gasteiger partial charge in [-0.3, -0.25) is 4.79 Å². The average molecular weight is 522 g/mol. The van der Waals surface area contributed by atoms with Gasteiger partial charge in [0.1, 0.15) is 5.60 Å². The van der Waals surface area contributed by atoms with Gasteiger partial charge in [0.15, 0.2) is 11.5 Å². The van der Waals surface area contributed by atoms with Gasteiger partial charge in [-0.25, -0.2) is 14.8 Å². The van der Waals surface area contributed by atoms with Gasteiger partial charge in [-0.2, -0.15) is 0 Å². The minimum absolute atomic E-state index is 0. The first-order chi connectivity index (χ1) is 18.0. The van der Waals surface area contributed by atoms with Gasteiger partial charge in [0.2, 0.25) is 5.89 Å². The van der Waals surface area contributed by atoms with Crippen molar-refractivity contribution < 1.29 is 23.0 Å². The van der Waals surface area contributed by atoms with Crippen LogP contribution in [-0.2, 0) is 11.3 Å². The highest BCUT2D eigenvalue weighted by Crippen LogP contribution is 2.28. The summed E-state index contributed by atoms with van der Waals surface area (Å²) in [4.78, 5) is 34.5. The molecule has 11 nitrogen and oxygen atoms in total. The highest BCUT2D eigenvalue weighted by atomic mass is 16.6. The third-order valence-electron chi connectivity index (χ3n) is 5.27. The Kier molecular flexibility index (Phi) is 7.38. The second kappa shape index (κ2) is 10.7. The fourth-order valence-electron chi connectivity index (χ4n) is 3.47. The van der Waals surface area contributed by atoms with E-state index in [1.54, 1.807) is 65.3 Å². The van der Waals surface area contributed by atoms with Crippen LogP contribution < -0.4 is 11.1 Å². The van der Waals surface area contributed by atoms with E-state index in [0.717, 1.165) is 11.1 Å². The van der Waals surface area contributed by atoms with E-state index in [1.807, 2.05) is 24.3 Å². The number of alkyl carbamates (subject to hydrolysis) is 1. The Balaban J connectivity index is 0.00000280. The van der Waals surface area contributed by atoms with Crippen molar-refractivity contribution in [2.24, 2.45) is 0 Å². The lowest BCUT2D eigenvalue weighted by Gasteiger charge is -2.19. The number of carbonyl (C=O) groups excluding carboxylic acids is 2. The van der Waals surface area contributed by atoms with E-state index in [1.165, 1.54) is 4.90 Å². The monoisotopic (exact) mass is 521 g/mol. The molecule has 202 valence electrons. The van der Waals surface area contributed by atoms with Crippen molar-refractivity contribution in [3.63, 3.8) is 0 Å². The number of hydrogen-bond acceptors (Lipinski definition) is 9. The molecule has 0 fully saturated rings. The van der Waals surface area contributed by atoms with Crippen molar-refractivity contribution in [3.05, 3.63) is 65.9 Å². The summed E-state index contributed by atoms with van der Waals surface area (Å²) in [6.07, 6.45) is 1.04. The second-order valence-electron chi connectivity index (χ2n) is 9.73. The molecule has 0 unspecified atom stereocenters. The van der Waals surface area contributed by atoms with Gasteiger partial charge in [-0.1, -0.05) is 24.3 Å². The van der Waals surface area contributed by atoms with Crippen LogP contribution in [0, 0.1) is 0 Å². The van der Waals surface area contributed by atoms with Crippen LogP contribution in [-0.4, -0.2) is 56.8 Å². The first kappa shape index (κ1) is 26.3. The molecule has 0 saturated heterocycles. The molecule has 0 aliphatic carbocycles. The molecular weight excluding hydrogens is 486 g/mol. The number of nitrogens with one attached hydrogen (secondary N) is 1. The topological polar surface area (TPSA) is 149 Å². The molecule has 2 aromatic heterocycles. The number of rotatable bonds is 6. The number of nitrogens with zero attached hydrogens (tertiary/aromatic N) is 5. The Labute approximate surface area is 224 Å². The summed E-state index contributed by atoms with van der Waals surface area (Å²) in [6, 6.07) is 14.4. The molecule has 0 atom stereocenters. The Morgan fingerprint density at radius 2 is 1.76 bits per heavy atom. The number of benzene rings is 2. The molecule has 0 saturated carbocycles. The van der Waals surface area contributed by atoms with Crippen molar-refractivity contribution >= 4 is 17.8 Å². The molecule has 2 amide bonds. The molecule has 0 radical (unpaired) electrons. The summed E-state index contributed by atoms with van der Waals surface area (Å²) in [5.74, 6) is 0.420. The zero-order valence-electron chi connectivity index (χ0n) is 21.8. The maximum atomic E-state index is 12.2. The fraction of sp³-hybridized carbons (Fsp3) is 0.259. The van der Waals surface area contributed by atoms with Crippen LogP contribution >= 0.6 is 0 Å². The van der Waals surface area contributed by atoms with Gasteiger partial charge in [0, 0.05) is 41.6 Å². The van der Waals surface area contributed by atoms with E-state index in [2.05, 4.69) is 25.5 Å².